The van der Waals surface area contributed by atoms with E-state index in [-0.39, 0.29) is 5.91 Å². The molecule has 0 aromatic heterocycles. The summed E-state index contributed by atoms with van der Waals surface area (Å²) in [4.78, 5) is 14.5. The van der Waals surface area contributed by atoms with Crippen LogP contribution in [0.3, 0.4) is 0 Å². The van der Waals surface area contributed by atoms with E-state index in [2.05, 4.69) is 17.1 Å². The number of amides is 1. The Kier molecular flexibility index (Phi) is 6.02. The highest BCUT2D eigenvalue weighted by atomic mass is 16.5. The fraction of sp³-hybridized carbons (Fsp3) is 0.938. The average Bonchev–Trinajstić information content (AvgIpc) is 3.27. The Hall–Kier alpha value is -0.650. The standard InChI is InChI=1S/C16H31N3O2/c1-3-19(10-11-21-4-2)14-6-5-9-16(12-14,15(17)20)18-13-7-8-13/h13-14,18H,3-12H2,1-2H3,(H2,17,20). The lowest BCUT2D eigenvalue weighted by atomic mass is 9.77. The first-order chi connectivity index (χ1) is 10.1. The van der Waals surface area contributed by atoms with E-state index in [4.69, 9.17) is 10.5 Å². The second-order valence-corrected chi connectivity index (χ2v) is 6.44. The molecule has 0 bridgehead atoms. The highest BCUT2D eigenvalue weighted by Gasteiger charge is 2.45. The molecule has 0 heterocycles. The van der Waals surface area contributed by atoms with Crippen molar-refractivity contribution in [3.63, 3.8) is 0 Å². The first-order valence-corrected chi connectivity index (χ1v) is 8.50. The number of carbonyl (C=O) groups excluding carboxylic acids is 1. The van der Waals surface area contributed by atoms with Gasteiger partial charge in [0.25, 0.3) is 0 Å². The molecule has 0 radical (unpaired) electrons. The van der Waals surface area contributed by atoms with Gasteiger partial charge in [0.1, 0.15) is 0 Å². The molecular weight excluding hydrogens is 266 g/mol. The van der Waals surface area contributed by atoms with Gasteiger partial charge in [-0.2, -0.15) is 0 Å². The maximum Gasteiger partial charge on any atom is 0.237 e. The molecule has 21 heavy (non-hydrogen) atoms. The maximum atomic E-state index is 12.1. The number of carbonyl (C=O) groups is 1. The summed E-state index contributed by atoms with van der Waals surface area (Å²) in [6, 6.07) is 0.942. The summed E-state index contributed by atoms with van der Waals surface area (Å²) in [5.41, 5.74) is 5.28. The van der Waals surface area contributed by atoms with Gasteiger partial charge in [-0.1, -0.05) is 6.92 Å². The Bertz CT molecular complexity index is 346. The molecule has 2 fully saturated rings. The number of nitrogens with two attached hydrogens (primary N) is 1. The van der Waals surface area contributed by atoms with Crippen molar-refractivity contribution in [3.05, 3.63) is 0 Å². The zero-order valence-electron chi connectivity index (χ0n) is 13.6. The predicted molar refractivity (Wildman–Crippen MR) is 84.1 cm³/mol. The molecule has 0 spiro atoms. The third-order valence-electron chi connectivity index (χ3n) is 4.90. The van der Waals surface area contributed by atoms with Crippen LogP contribution in [-0.4, -0.2) is 54.7 Å². The molecule has 0 aromatic rings. The van der Waals surface area contributed by atoms with Gasteiger partial charge in [-0.3, -0.25) is 9.69 Å². The maximum absolute atomic E-state index is 12.1. The third kappa shape index (κ3) is 4.41. The van der Waals surface area contributed by atoms with Crippen molar-refractivity contribution in [1.82, 2.24) is 10.2 Å². The first kappa shape index (κ1) is 16.7. The highest BCUT2D eigenvalue weighted by Crippen LogP contribution is 2.34. The Morgan fingerprint density at radius 1 is 1.38 bits per heavy atom. The van der Waals surface area contributed by atoms with Crippen molar-refractivity contribution in [1.29, 1.82) is 0 Å². The summed E-state index contributed by atoms with van der Waals surface area (Å²) in [6.07, 6.45) is 6.32. The van der Waals surface area contributed by atoms with Crippen LogP contribution in [-0.2, 0) is 9.53 Å². The van der Waals surface area contributed by atoms with Crippen LogP contribution in [0.1, 0.15) is 52.4 Å². The fourth-order valence-electron chi connectivity index (χ4n) is 3.53. The van der Waals surface area contributed by atoms with Gasteiger partial charge in [-0.25, -0.2) is 0 Å². The summed E-state index contributed by atoms with van der Waals surface area (Å²) >= 11 is 0. The molecule has 2 unspecified atom stereocenters. The lowest BCUT2D eigenvalue weighted by molar-refractivity contribution is -0.127. The van der Waals surface area contributed by atoms with E-state index in [1.165, 1.54) is 12.8 Å². The van der Waals surface area contributed by atoms with Gasteiger partial charge in [0.2, 0.25) is 5.91 Å². The number of hydrogen-bond acceptors (Lipinski definition) is 4. The second kappa shape index (κ2) is 7.56. The van der Waals surface area contributed by atoms with Crippen molar-refractivity contribution in [2.45, 2.75) is 70.0 Å². The molecule has 2 aliphatic rings. The van der Waals surface area contributed by atoms with Gasteiger partial charge in [0, 0.05) is 25.2 Å². The number of rotatable bonds is 9. The molecule has 0 saturated heterocycles. The highest BCUT2D eigenvalue weighted by molar-refractivity contribution is 5.85. The number of nitrogens with one attached hydrogen (secondary N) is 1. The van der Waals surface area contributed by atoms with E-state index in [9.17, 15) is 4.79 Å². The molecule has 5 nitrogen and oxygen atoms in total. The molecule has 0 aromatic carbocycles. The topological polar surface area (TPSA) is 67.6 Å². The van der Waals surface area contributed by atoms with Crippen molar-refractivity contribution in [2.75, 3.05) is 26.3 Å². The molecule has 2 atom stereocenters. The van der Waals surface area contributed by atoms with Crippen LogP contribution in [0.5, 0.6) is 0 Å². The molecule has 3 N–H and O–H groups in total. The molecule has 5 heteroatoms. The molecule has 2 aliphatic carbocycles. The van der Waals surface area contributed by atoms with Crippen LogP contribution in [0.2, 0.25) is 0 Å². The van der Waals surface area contributed by atoms with Crippen LogP contribution >= 0.6 is 0 Å². The van der Waals surface area contributed by atoms with Gasteiger partial charge < -0.3 is 15.8 Å². The number of ether oxygens (including phenoxy) is 1. The van der Waals surface area contributed by atoms with Crippen LogP contribution in [0, 0.1) is 0 Å². The zero-order valence-corrected chi connectivity index (χ0v) is 13.6. The minimum absolute atomic E-state index is 0.167. The van der Waals surface area contributed by atoms with Crippen molar-refractivity contribution >= 4 is 5.91 Å². The summed E-state index contributed by atoms with van der Waals surface area (Å²) < 4.78 is 5.48. The van der Waals surface area contributed by atoms with Crippen molar-refractivity contribution in [2.24, 2.45) is 5.73 Å². The van der Waals surface area contributed by atoms with E-state index >= 15 is 0 Å². The van der Waals surface area contributed by atoms with Gasteiger partial charge in [0.05, 0.1) is 12.1 Å². The van der Waals surface area contributed by atoms with E-state index < -0.39 is 5.54 Å². The van der Waals surface area contributed by atoms with Crippen LogP contribution < -0.4 is 11.1 Å². The molecule has 0 aliphatic heterocycles. The van der Waals surface area contributed by atoms with E-state index in [1.807, 2.05) is 6.92 Å². The molecular formula is C16H31N3O2. The summed E-state index contributed by atoms with van der Waals surface area (Å²) in [5.74, 6) is -0.167. The lowest BCUT2D eigenvalue weighted by Crippen LogP contribution is -2.61. The molecule has 2 saturated carbocycles. The van der Waals surface area contributed by atoms with E-state index in [0.717, 1.165) is 52.0 Å². The smallest absolute Gasteiger partial charge is 0.237 e. The summed E-state index contributed by atoms with van der Waals surface area (Å²) in [5, 5.41) is 3.55. The Balaban J connectivity index is 1.97. The minimum atomic E-state index is -0.483. The van der Waals surface area contributed by atoms with Crippen LogP contribution in [0.25, 0.3) is 0 Å². The van der Waals surface area contributed by atoms with Crippen molar-refractivity contribution < 1.29 is 9.53 Å². The van der Waals surface area contributed by atoms with Gasteiger partial charge >= 0.3 is 0 Å². The SMILES string of the molecule is CCOCCN(CC)C1CCCC(NC2CC2)(C(N)=O)C1. The van der Waals surface area contributed by atoms with E-state index in [0.29, 0.717) is 12.1 Å². The summed E-state index contributed by atoms with van der Waals surface area (Å²) in [7, 11) is 0. The normalized spacial score (nSPS) is 29.8. The Morgan fingerprint density at radius 3 is 2.71 bits per heavy atom. The number of nitrogens with zero attached hydrogens (tertiary/aromatic N) is 1. The second-order valence-electron chi connectivity index (χ2n) is 6.44. The number of primary amides is 1. The largest absolute Gasteiger partial charge is 0.380 e. The molecule has 2 rings (SSSR count). The van der Waals surface area contributed by atoms with Crippen LogP contribution in [0.4, 0.5) is 0 Å². The zero-order chi connectivity index (χ0) is 15.3. The van der Waals surface area contributed by atoms with Crippen LogP contribution in [0.15, 0.2) is 0 Å². The number of likely N-dealkylation sites (N-methyl/N-ethyl adjacent to an activating group) is 1. The minimum Gasteiger partial charge on any atom is -0.380 e. The van der Waals surface area contributed by atoms with Gasteiger partial charge in [-0.15, -0.1) is 0 Å². The Morgan fingerprint density at radius 2 is 2.14 bits per heavy atom. The number of hydrogen-bond donors (Lipinski definition) is 2. The monoisotopic (exact) mass is 297 g/mol. The molecule has 122 valence electrons. The fourth-order valence-corrected chi connectivity index (χ4v) is 3.53. The lowest BCUT2D eigenvalue weighted by Gasteiger charge is -2.43. The summed E-state index contributed by atoms with van der Waals surface area (Å²) in [6.45, 7) is 7.66. The molecule has 1 amide bonds. The Labute approximate surface area is 128 Å². The quantitative estimate of drug-likeness (QED) is 0.629. The van der Waals surface area contributed by atoms with E-state index in [1.54, 1.807) is 0 Å². The van der Waals surface area contributed by atoms with Gasteiger partial charge in [0.15, 0.2) is 0 Å². The predicted octanol–water partition coefficient (Wildman–Crippen LogP) is 1.26. The average molecular weight is 297 g/mol. The first-order valence-electron chi connectivity index (χ1n) is 8.50. The van der Waals surface area contributed by atoms with Crippen molar-refractivity contribution in [3.8, 4) is 0 Å². The third-order valence-corrected chi connectivity index (χ3v) is 4.90. The van der Waals surface area contributed by atoms with Gasteiger partial charge in [-0.05, 0) is 52.0 Å².